The molecule has 1 fully saturated rings. The minimum absolute atomic E-state index is 0.0348. The zero-order chi connectivity index (χ0) is 21.1. The highest BCUT2D eigenvalue weighted by atomic mass is 32.1. The lowest BCUT2D eigenvalue weighted by molar-refractivity contribution is -0.117. The molecule has 2 amide bonds. The van der Waals surface area contributed by atoms with E-state index in [2.05, 4.69) is 15.5 Å². The van der Waals surface area contributed by atoms with E-state index >= 15 is 0 Å². The lowest BCUT2D eigenvalue weighted by Gasteiger charge is -2.16. The number of nitrogens with one attached hydrogen (secondary N) is 1. The Morgan fingerprint density at radius 2 is 1.90 bits per heavy atom. The van der Waals surface area contributed by atoms with Gasteiger partial charge in [-0.2, -0.15) is 0 Å². The summed E-state index contributed by atoms with van der Waals surface area (Å²) >= 11 is 1.31. The molecule has 3 aromatic rings. The molecule has 8 heteroatoms. The zero-order valence-electron chi connectivity index (χ0n) is 16.8. The van der Waals surface area contributed by atoms with Crippen LogP contribution in [0.15, 0.2) is 48.5 Å². The molecule has 1 aromatic heterocycles. The van der Waals surface area contributed by atoms with Crippen LogP contribution in [0.5, 0.6) is 5.75 Å². The van der Waals surface area contributed by atoms with Crippen LogP contribution in [0.1, 0.15) is 40.2 Å². The fourth-order valence-corrected chi connectivity index (χ4v) is 4.17. The molecule has 1 aliphatic heterocycles. The molecule has 1 unspecified atom stereocenters. The molecule has 1 N–H and O–H groups in total. The molecule has 0 radical (unpaired) electrons. The largest absolute Gasteiger partial charge is 0.494 e. The van der Waals surface area contributed by atoms with Crippen LogP contribution in [0.4, 0.5) is 10.8 Å². The standard InChI is InChI=1S/C22H22N4O3S/c1-3-29-18-10-6-15(7-11-18)20(28)23-22-25-24-21(30-22)16-12-19(27)26(13-16)17-8-4-14(2)5-9-17/h4-11,16H,3,12-13H2,1-2H3,(H,23,25,28). The molecule has 2 heterocycles. The van der Waals surface area contributed by atoms with Crippen molar-refractivity contribution in [1.29, 1.82) is 0 Å². The highest BCUT2D eigenvalue weighted by Gasteiger charge is 2.34. The Hall–Kier alpha value is -3.26. The predicted molar refractivity (Wildman–Crippen MR) is 116 cm³/mol. The van der Waals surface area contributed by atoms with Gasteiger partial charge in [-0.1, -0.05) is 29.0 Å². The highest BCUT2D eigenvalue weighted by Crippen LogP contribution is 2.34. The van der Waals surface area contributed by atoms with Crippen LogP contribution < -0.4 is 15.0 Å². The quantitative estimate of drug-likeness (QED) is 0.649. The van der Waals surface area contributed by atoms with E-state index in [1.807, 2.05) is 38.1 Å². The fourth-order valence-electron chi connectivity index (χ4n) is 3.34. The fraction of sp³-hybridized carbons (Fsp3) is 0.273. The van der Waals surface area contributed by atoms with Gasteiger partial charge in [-0.3, -0.25) is 14.9 Å². The van der Waals surface area contributed by atoms with Gasteiger partial charge in [0.15, 0.2) is 0 Å². The van der Waals surface area contributed by atoms with Crippen molar-refractivity contribution in [3.05, 3.63) is 64.7 Å². The molecule has 7 nitrogen and oxygen atoms in total. The molecule has 0 bridgehead atoms. The number of amides is 2. The summed E-state index contributed by atoms with van der Waals surface area (Å²) in [5.74, 6) is 0.493. The monoisotopic (exact) mass is 422 g/mol. The number of hydrogen-bond donors (Lipinski definition) is 1. The molecule has 1 atom stereocenters. The van der Waals surface area contributed by atoms with Crippen molar-refractivity contribution in [2.45, 2.75) is 26.2 Å². The third kappa shape index (κ3) is 4.33. The highest BCUT2D eigenvalue weighted by molar-refractivity contribution is 7.15. The second-order valence-corrected chi connectivity index (χ2v) is 8.11. The summed E-state index contributed by atoms with van der Waals surface area (Å²) < 4.78 is 5.39. The summed E-state index contributed by atoms with van der Waals surface area (Å²) in [5, 5.41) is 12.3. The number of anilines is 2. The smallest absolute Gasteiger partial charge is 0.257 e. The average molecular weight is 423 g/mol. The number of hydrogen-bond acceptors (Lipinski definition) is 6. The van der Waals surface area contributed by atoms with E-state index < -0.39 is 0 Å². The van der Waals surface area contributed by atoms with Gasteiger partial charge in [-0.15, -0.1) is 10.2 Å². The number of carbonyl (C=O) groups is 2. The summed E-state index contributed by atoms with van der Waals surface area (Å²) in [6, 6.07) is 14.8. The number of aryl methyl sites for hydroxylation is 1. The molecule has 30 heavy (non-hydrogen) atoms. The van der Waals surface area contributed by atoms with Crippen molar-refractivity contribution >= 4 is 34.0 Å². The first kappa shape index (κ1) is 20.0. The van der Waals surface area contributed by atoms with Crippen molar-refractivity contribution in [3.8, 4) is 5.75 Å². The minimum atomic E-state index is -0.260. The van der Waals surface area contributed by atoms with Crippen LogP contribution in [0, 0.1) is 6.92 Å². The predicted octanol–water partition coefficient (Wildman–Crippen LogP) is 4.02. The first-order valence-electron chi connectivity index (χ1n) is 9.78. The van der Waals surface area contributed by atoms with E-state index in [0.29, 0.717) is 30.3 Å². The van der Waals surface area contributed by atoms with Gasteiger partial charge in [-0.05, 0) is 50.2 Å². The van der Waals surface area contributed by atoms with E-state index in [1.165, 1.54) is 11.3 Å². The first-order chi connectivity index (χ1) is 14.5. The summed E-state index contributed by atoms with van der Waals surface area (Å²) in [4.78, 5) is 26.7. The Kier molecular flexibility index (Phi) is 5.76. The summed E-state index contributed by atoms with van der Waals surface area (Å²) in [5.41, 5.74) is 2.55. The van der Waals surface area contributed by atoms with Crippen LogP contribution in [-0.2, 0) is 4.79 Å². The van der Waals surface area contributed by atoms with E-state index in [1.54, 1.807) is 29.2 Å². The maximum atomic E-state index is 12.5. The van der Waals surface area contributed by atoms with Crippen LogP contribution in [0.2, 0.25) is 0 Å². The Balaban J connectivity index is 1.41. The van der Waals surface area contributed by atoms with Gasteiger partial charge in [-0.25, -0.2) is 0 Å². The van der Waals surface area contributed by atoms with Crippen molar-refractivity contribution in [1.82, 2.24) is 10.2 Å². The number of ether oxygens (including phenoxy) is 1. The maximum absolute atomic E-state index is 12.5. The van der Waals surface area contributed by atoms with E-state index in [4.69, 9.17) is 4.74 Å². The number of nitrogens with zero attached hydrogens (tertiary/aromatic N) is 3. The molecule has 0 spiro atoms. The second kappa shape index (κ2) is 8.62. The van der Waals surface area contributed by atoms with Crippen molar-refractivity contribution in [2.75, 3.05) is 23.4 Å². The number of benzene rings is 2. The molecular formula is C22H22N4O3S. The molecule has 0 aliphatic carbocycles. The molecule has 2 aromatic carbocycles. The van der Waals surface area contributed by atoms with E-state index in [-0.39, 0.29) is 17.7 Å². The van der Waals surface area contributed by atoms with Crippen LogP contribution >= 0.6 is 11.3 Å². The molecule has 1 aliphatic rings. The van der Waals surface area contributed by atoms with E-state index in [9.17, 15) is 9.59 Å². The topological polar surface area (TPSA) is 84.4 Å². The zero-order valence-corrected chi connectivity index (χ0v) is 17.6. The first-order valence-corrected chi connectivity index (χ1v) is 10.6. The average Bonchev–Trinajstić information content (AvgIpc) is 3.36. The SMILES string of the molecule is CCOc1ccc(C(=O)Nc2nnc(C3CC(=O)N(c4ccc(C)cc4)C3)s2)cc1. The van der Waals surface area contributed by atoms with E-state index in [0.717, 1.165) is 22.0 Å². The van der Waals surface area contributed by atoms with Gasteiger partial charge in [0.1, 0.15) is 10.8 Å². The van der Waals surface area contributed by atoms with Crippen molar-refractivity contribution in [3.63, 3.8) is 0 Å². The Bertz CT molecular complexity index is 1050. The minimum Gasteiger partial charge on any atom is -0.494 e. The number of rotatable bonds is 6. The Morgan fingerprint density at radius 1 is 1.17 bits per heavy atom. The lowest BCUT2D eigenvalue weighted by Crippen LogP contribution is -2.24. The third-order valence-corrected chi connectivity index (χ3v) is 5.91. The lowest BCUT2D eigenvalue weighted by atomic mass is 10.1. The summed E-state index contributed by atoms with van der Waals surface area (Å²) in [7, 11) is 0. The van der Waals surface area contributed by atoms with Gasteiger partial charge in [0.05, 0.1) is 6.61 Å². The molecule has 1 saturated heterocycles. The van der Waals surface area contributed by atoms with Crippen LogP contribution in [0.3, 0.4) is 0 Å². The van der Waals surface area contributed by atoms with Crippen LogP contribution in [0.25, 0.3) is 0 Å². The normalized spacial score (nSPS) is 16.0. The van der Waals surface area contributed by atoms with Crippen LogP contribution in [-0.4, -0.2) is 35.2 Å². The van der Waals surface area contributed by atoms with Gasteiger partial charge < -0.3 is 9.64 Å². The number of aromatic nitrogens is 2. The van der Waals surface area contributed by atoms with Gasteiger partial charge in [0.25, 0.3) is 5.91 Å². The van der Waals surface area contributed by atoms with Gasteiger partial charge in [0.2, 0.25) is 11.0 Å². The van der Waals surface area contributed by atoms with Crippen molar-refractivity contribution in [2.24, 2.45) is 0 Å². The molecule has 154 valence electrons. The molecule has 0 saturated carbocycles. The van der Waals surface area contributed by atoms with Gasteiger partial charge in [0, 0.05) is 30.1 Å². The molecule has 4 rings (SSSR count). The summed E-state index contributed by atoms with van der Waals surface area (Å²) in [6.45, 7) is 5.06. The maximum Gasteiger partial charge on any atom is 0.257 e. The second-order valence-electron chi connectivity index (χ2n) is 7.10. The number of carbonyl (C=O) groups excluding carboxylic acids is 2. The van der Waals surface area contributed by atoms with Gasteiger partial charge >= 0.3 is 0 Å². The van der Waals surface area contributed by atoms with Crippen molar-refractivity contribution < 1.29 is 14.3 Å². The Morgan fingerprint density at radius 3 is 2.60 bits per heavy atom. The molecular weight excluding hydrogens is 400 g/mol. The Labute approximate surface area is 178 Å². The summed E-state index contributed by atoms with van der Waals surface area (Å²) in [6.07, 6.45) is 0.384. The third-order valence-electron chi connectivity index (χ3n) is 4.91.